The molecule has 6 nitrogen and oxygen atoms in total. The average Bonchev–Trinajstić information content (AvgIpc) is 3.00. The van der Waals surface area contributed by atoms with Crippen molar-refractivity contribution in [2.24, 2.45) is 4.99 Å². The quantitative estimate of drug-likeness (QED) is 0.822. The minimum atomic E-state index is -0.270. The van der Waals surface area contributed by atoms with E-state index in [0.29, 0.717) is 23.0 Å². The van der Waals surface area contributed by atoms with Gasteiger partial charge in [-0.15, -0.1) is 0 Å². The van der Waals surface area contributed by atoms with E-state index in [1.165, 1.54) is 0 Å². The molecule has 25 heavy (non-hydrogen) atoms. The highest BCUT2D eigenvalue weighted by atomic mass is 16.5. The average molecular weight is 338 g/mol. The maximum Gasteiger partial charge on any atom is 0.275 e. The summed E-state index contributed by atoms with van der Waals surface area (Å²) in [6.45, 7) is 0.189. The van der Waals surface area contributed by atoms with Gasteiger partial charge >= 0.3 is 0 Å². The second kappa shape index (κ2) is 7.53. The largest absolute Gasteiger partial charge is 0.497 e. The Morgan fingerprint density at radius 2 is 1.68 bits per heavy atom. The van der Waals surface area contributed by atoms with E-state index in [1.54, 1.807) is 38.5 Å². The van der Waals surface area contributed by atoms with E-state index in [4.69, 9.17) is 14.2 Å². The molecule has 2 aromatic carbocycles. The van der Waals surface area contributed by atoms with Gasteiger partial charge in [-0.05, 0) is 35.9 Å². The maximum atomic E-state index is 12.1. The number of nitrogens with one attached hydrogen (secondary N) is 1. The lowest BCUT2D eigenvalue weighted by atomic mass is 10.1. The molecular formula is C19H18N2O4. The smallest absolute Gasteiger partial charge is 0.275 e. The second-order valence-electron chi connectivity index (χ2n) is 5.29. The zero-order valence-corrected chi connectivity index (χ0v) is 14.0. The van der Waals surface area contributed by atoms with E-state index in [0.717, 1.165) is 11.3 Å². The molecule has 1 amide bonds. The van der Waals surface area contributed by atoms with Gasteiger partial charge in [0.1, 0.15) is 35.4 Å². The van der Waals surface area contributed by atoms with Crippen molar-refractivity contribution < 1.29 is 19.0 Å². The van der Waals surface area contributed by atoms with E-state index in [9.17, 15) is 4.79 Å². The van der Waals surface area contributed by atoms with Gasteiger partial charge in [0.15, 0.2) is 0 Å². The zero-order chi connectivity index (χ0) is 17.6. The van der Waals surface area contributed by atoms with Crippen molar-refractivity contribution in [2.75, 3.05) is 20.8 Å². The summed E-state index contributed by atoms with van der Waals surface area (Å²) in [7, 11) is 3.15. The van der Waals surface area contributed by atoms with Crippen molar-refractivity contribution in [3.8, 4) is 17.2 Å². The Hall–Kier alpha value is -3.28. The molecule has 128 valence electrons. The number of ether oxygens (including phenoxy) is 3. The van der Waals surface area contributed by atoms with Gasteiger partial charge in [0.05, 0.1) is 14.2 Å². The Bertz CT molecular complexity index is 806. The van der Waals surface area contributed by atoms with Crippen LogP contribution in [0.15, 0.2) is 59.2 Å². The van der Waals surface area contributed by atoms with Crippen LogP contribution in [0.25, 0.3) is 6.08 Å². The van der Waals surface area contributed by atoms with Crippen molar-refractivity contribution >= 4 is 17.8 Å². The number of hydrogen-bond acceptors (Lipinski definition) is 5. The third-order valence-electron chi connectivity index (χ3n) is 3.54. The summed E-state index contributed by atoms with van der Waals surface area (Å²) in [6.07, 6.45) is 1.68. The molecule has 0 fully saturated rings. The summed E-state index contributed by atoms with van der Waals surface area (Å²) in [5.41, 5.74) is 1.07. The second-order valence-corrected chi connectivity index (χ2v) is 5.29. The van der Waals surface area contributed by atoms with Crippen LogP contribution in [0.4, 0.5) is 0 Å². The molecule has 1 N–H and O–H groups in total. The Labute approximate surface area is 145 Å². The number of aliphatic imine (C=N–C) groups is 1. The number of carbonyl (C=O) groups excluding carboxylic acids is 1. The monoisotopic (exact) mass is 338 g/mol. The number of benzene rings is 2. The van der Waals surface area contributed by atoms with Gasteiger partial charge in [-0.2, -0.15) is 0 Å². The van der Waals surface area contributed by atoms with Gasteiger partial charge in [-0.1, -0.05) is 18.2 Å². The highest BCUT2D eigenvalue weighted by Gasteiger charge is 2.20. The van der Waals surface area contributed by atoms with Crippen molar-refractivity contribution in [1.82, 2.24) is 5.32 Å². The number of carbonyl (C=O) groups is 1. The molecule has 2 aromatic rings. The van der Waals surface area contributed by atoms with Crippen LogP contribution in [0.3, 0.4) is 0 Å². The van der Waals surface area contributed by atoms with Crippen LogP contribution < -0.4 is 19.5 Å². The van der Waals surface area contributed by atoms with Gasteiger partial charge in [0.2, 0.25) is 0 Å². The van der Waals surface area contributed by atoms with Crippen molar-refractivity contribution in [3.05, 3.63) is 59.8 Å². The Morgan fingerprint density at radius 3 is 2.32 bits per heavy atom. The first-order valence-electron chi connectivity index (χ1n) is 7.69. The Morgan fingerprint density at radius 1 is 1.00 bits per heavy atom. The topological polar surface area (TPSA) is 69.2 Å². The van der Waals surface area contributed by atoms with E-state index >= 15 is 0 Å². The van der Waals surface area contributed by atoms with Crippen LogP contribution in [0.5, 0.6) is 17.2 Å². The molecule has 0 spiro atoms. The molecule has 6 heteroatoms. The summed E-state index contributed by atoms with van der Waals surface area (Å²) >= 11 is 0. The molecule has 0 saturated carbocycles. The number of hydrogen-bond donors (Lipinski definition) is 1. The minimum Gasteiger partial charge on any atom is -0.497 e. The van der Waals surface area contributed by atoms with Gasteiger partial charge in [0.25, 0.3) is 5.91 Å². The SMILES string of the molecule is COc1cc(/C=C2/N=C(COc3ccccc3)NC2=O)cc(OC)c1. The lowest BCUT2D eigenvalue weighted by Gasteiger charge is -2.05. The number of nitrogens with zero attached hydrogens (tertiary/aromatic N) is 1. The summed E-state index contributed by atoms with van der Waals surface area (Å²) in [5, 5.41) is 2.71. The first-order valence-corrected chi connectivity index (χ1v) is 7.69. The predicted molar refractivity (Wildman–Crippen MR) is 95.0 cm³/mol. The van der Waals surface area contributed by atoms with Crippen LogP contribution in [-0.4, -0.2) is 32.6 Å². The number of para-hydroxylation sites is 1. The zero-order valence-electron chi connectivity index (χ0n) is 14.0. The number of methoxy groups -OCH3 is 2. The maximum absolute atomic E-state index is 12.1. The molecule has 0 radical (unpaired) electrons. The van der Waals surface area contributed by atoms with Crippen LogP contribution in [-0.2, 0) is 4.79 Å². The molecule has 1 aliphatic heterocycles. The third kappa shape index (κ3) is 4.17. The molecule has 0 bridgehead atoms. The third-order valence-corrected chi connectivity index (χ3v) is 3.54. The highest BCUT2D eigenvalue weighted by Crippen LogP contribution is 2.24. The van der Waals surface area contributed by atoms with Crippen molar-refractivity contribution in [1.29, 1.82) is 0 Å². The van der Waals surface area contributed by atoms with Gasteiger partial charge in [-0.25, -0.2) is 4.99 Å². The Balaban J connectivity index is 1.76. The normalized spacial score (nSPS) is 14.9. The van der Waals surface area contributed by atoms with Gasteiger partial charge in [-0.3, -0.25) is 4.79 Å². The van der Waals surface area contributed by atoms with Crippen LogP contribution in [0.1, 0.15) is 5.56 Å². The number of amidine groups is 1. The molecule has 0 saturated heterocycles. The standard InChI is InChI=1S/C19H18N2O4/c1-23-15-8-13(9-16(11-15)24-2)10-17-19(22)21-18(20-17)12-25-14-6-4-3-5-7-14/h3-11H,12H2,1-2H3,(H,20,21,22)/b17-10+. The molecule has 1 heterocycles. The summed E-state index contributed by atoms with van der Waals surface area (Å²) in [5.74, 6) is 2.19. The van der Waals surface area contributed by atoms with E-state index in [2.05, 4.69) is 10.3 Å². The van der Waals surface area contributed by atoms with Crippen LogP contribution in [0.2, 0.25) is 0 Å². The minimum absolute atomic E-state index is 0.189. The van der Waals surface area contributed by atoms with Gasteiger partial charge in [0, 0.05) is 6.07 Å². The summed E-state index contributed by atoms with van der Waals surface area (Å²) in [4.78, 5) is 16.4. The lowest BCUT2D eigenvalue weighted by Crippen LogP contribution is -2.28. The van der Waals surface area contributed by atoms with Crippen LogP contribution in [0, 0.1) is 0 Å². The summed E-state index contributed by atoms with van der Waals surface area (Å²) in [6, 6.07) is 14.7. The lowest BCUT2D eigenvalue weighted by molar-refractivity contribution is -0.115. The van der Waals surface area contributed by atoms with Gasteiger partial charge < -0.3 is 19.5 Å². The molecular weight excluding hydrogens is 320 g/mol. The molecule has 3 rings (SSSR count). The first kappa shape index (κ1) is 16.6. The summed E-state index contributed by atoms with van der Waals surface area (Å²) < 4.78 is 16.1. The number of rotatable bonds is 6. The van der Waals surface area contributed by atoms with E-state index < -0.39 is 0 Å². The fraction of sp³-hybridized carbons (Fsp3) is 0.158. The fourth-order valence-corrected chi connectivity index (χ4v) is 2.32. The number of amides is 1. The predicted octanol–water partition coefficient (Wildman–Crippen LogP) is 2.65. The molecule has 0 atom stereocenters. The molecule has 0 unspecified atom stereocenters. The fourth-order valence-electron chi connectivity index (χ4n) is 2.32. The van der Waals surface area contributed by atoms with E-state index in [-0.39, 0.29) is 12.5 Å². The molecule has 0 aliphatic carbocycles. The molecule has 0 aromatic heterocycles. The first-order chi connectivity index (χ1) is 12.2. The molecule has 1 aliphatic rings. The van der Waals surface area contributed by atoms with E-state index in [1.807, 2.05) is 30.3 Å². The van der Waals surface area contributed by atoms with Crippen molar-refractivity contribution in [2.45, 2.75) is 0 Å². The highest BCUT2D eigenvalue weighted by molar-refractivity contribution is 6.14. The Kier molecular flexibility index (Phi) is 4.99. The van der Waals surface area contributed by atoms with Crippen molar-refractivity contribution in [3.63, 3.8) is 0 Å². The van der Waals surface area contributed by atoms with Crippen LogP contribution >= 0.6 is 0 Å².